The van der Waals surface area contributed by atoms with Crippen molar-refractivity contribution in [1.29, 1.82) is 0 Å². The molecule has 0 heterocycles. The van der Waals surface area contributed by atoms with Gasteiger partial charge in [-0.2, -0.15) is 0 Å². The van der Waals surface area contributed by atoms with Crippen LogP contribution < -0.4 is 5.32 Å². The van der Waals surface area contributed by atoms with Crippen LogP contribution in [0.15, 0.2) is 61.2 Å². The molecule has 1 N–H and O–H groups in total. The molecule has 0 spiro atoms. The fourth-order valence-corrected chi connectivity index (χ4v) is 1.94. The first-order valence-electron chi connectivity index (χ1n) is 6.81. The molecule has 4 heteroatoms. The second-order valence-corrected chi connectivity index (χ2v) is 4.72. The van der Waals surface area contributed by atoms with E-state index in [1.807, 2.05) is 18.2 Å². The summed E-state index contributed by atoms with van der Waals surface area (Å²) in [5.74, 6) is -0.525. The van der Waals surface area contributed by atoms with E-state index < -0.39 is 0 Å². The first kappa shape index (κ1) is 15.5. The lowest BCUT2D eigenvalue weighted by atomic mass is 10.1. The molecule has 0 aliphatic heterocycles. The molecule has 0 bridgehead atoms. The summed E-state index contributed by atoms with van der Waals surface area (Å²) in [4.78, 5) is 23.3. The number of benzene rings is 2. The summed E-state index contributed by atoms with van der Waals surface area (Å²) in [6.45, 7) is 4.29. The van der Waals surface area contributed by atoms with Crippen molar-refractivity contribution < 1.29 is 14.3 Å². The molecule has 22 heavy (non-hydrogen) atoms. The van der Waals surface area contributed by atoms with Gasteiger partial charge in [-0.1, -0.05) is 36.9 Å². The number of carbonyl (C=O) groups is 2. The van der Waals surface area contributed by atoms with E-state index in [2.05, 4.69) is 16.6 Å². The Labute approximate surface area is 129 Å². The maximum atomic E-state index is 11.9. The molecule has 0 radical (unpaired) electrons. The third kappa shape index (κ3) is 3.82. The van der Waals surface area contributed by atoms with Crippen molar-refractivity contribution in [3.63, 3.8) is 0 Å². The molecule has 4 nitrogen and oxygen atoms in total. The van der Waals surface area contributed by atoms with Crippen molar-refractivity contribution in [2.45, 2.75) is 0 Å². The van der Waals surface area contributed by atoms with Gasteiger partial charge in [-0.3, -0.25) is 4.79 Å². The number of esters is 1. The SMILES string of the molecule is C=C(CNC(=O)c1ccccc1)c1ccc(C(=O)OC)cc1. The minimum absolute atomic E-state index is 0.145. The van der Waals surface area contributed by atoms with Gasteiger partial charge in [0.2, 0.25) is 0 Å². The Kier molecular flexibility index (Phi) is 5.09. The summed E-state index contributed by atoms with van der Waals surface area (Å²) in [6, 6.07) is 15.9. The summed E-state index contributed by atoms with van der Waals surface area (Å²) in [7, 11) is 1.34. The number of methoxy groups -OCH3 is 1. The van der Waals surface area contributed by atoms with E-state index in [1.54, 1.807) is 36.4 Å². The normalized spacial score (nSPS) is 9.86. The van der Waals surface area contributed by atoms with Gasteiger partial charge < -0.3 is 10.1 Å². The minimum Gasteiger partial charge on any atom is -0.465 e. The largest absolute Gasteiger partial charge is 0.465 e. The molecule has 0 atom stereocenters. The van der Waals surface area contributed by atoms with Gasteiger partial charge in [-0.25, -0.2) is 4.79 Å². The maximum Gasteiger partial charge on any atom is 0.337 e. The van der Waals surface area contributed by atoms with Crippen LogP contribution in [0.3, 0.4) is 0 Å². The van der Waals surface area contributed by atoms with Crippen LogP contribution in [0.1, 0.15) is 26.3 Å². The van der Waals surface area contributed by atoms with Crippen molar-refractivity contribution in [2.75, 3.05) is 13.7 Å². The Balaban J connectivity index is 1.95. The predicted octanol–water partition coefficient (Wildman–Crippen LogP) is 2.92. The van der Waals surface area contributed by atoms with Crippen LogP contribution in [0.2, 0.25) is 0 Å². The van der Waals surface area contributed by atoms with E-state index in [9.17, 15) is 9.59 Å². The predicted molar refractivity (Wildman–Crippen MR) is 85.6 cm³/mol. The molecule has 0 aliphatic carbocycles. The van der Waals surface area contributed by atoms with Gasteiger partial charge in [-0.05, 0) is 35.4 Å². The molecule has 2 aromatic rings. The third-order valence-electron chi connectivity index (χ3n) is 3.21. The van der Waals surface area contributed by atoms with E-state index in [-0.39, 0.29) is 11.9 Å². The maximum absolute atomic E-state index is 11.9. The second kappa shape index (κ2) is 7.22. The highest BCUT2D eigenvalue weighted by atomic mass is 16.5. The fraction of sp³-hybridized carbons (Fsp3) is 0.111. The van der Waals surface area contributed by atoms with E-state index in [4.69, 9.17) is 0 Å². The van der Waals surface area contributed by atoms with Crippen LogP contribution in [-0.2, 0) is 4.74 Å². The molecule has 2 aromatic carbocycles. The molecule has 0 aliphatic rings. The van der Waals surface area contributed by atoms with Crippen LogP contribution in [0, 0.1) is 0 Å². The van der Waals surface area contributed by atoms with Crippen molar-refractivity contribution in [3.8, 4) is 0 Å². The monoisotopic (exact) mass is 295 g/mol. The van der Waals surface area contributed by atoms with Gasteiger partial charge in [0.25, 0.3) is 5.91 Å². The molecule has 0 unspecified atom stereocenters. The number of ether oxygens (including phenoxy) is 1. The zero-order chi connectivity index (χ0) is 15.9. The number of carbonyl (C=O) groups excluding carboxylic acids is 2. The highest BCUT2D eigenvalue weighted by molar-refractivity contribution is 5.95. The average Bonchev–Trinajstić information content (AvgIpc) is 2.59. The van der Waals surface area contributed by atoms with Crippen LogP contribution in [0.4, 0.5) is 0 Å². The van der Waals surface area contributed by atoms with Gasteiger partial charge >= 0.3 is 5.97 Å². The topological polar surface area (TPSA) is 55.4 Å². The minimum atomic E-state index is -0.380. The molecule has 1 amide bonds. The lowest BCUT2D eigenvalue weighted by Gasteiger charge is -2.09. The van der Waals surface area contributed by atoms with E-state index in [1.165, 1.54) is 7.11 Å². The Morgan fingerprint density at radius 2 is 1.55 bits per heavy atom. The number of nitrogens with one attached hydrogen (secondary N) is 1. The molecular formula is C18H17NO3. The van der Waals surface area contributed by atoms with Crippen molar-refractivity contribution in [3.05, 3.63) is 77.9 Å². The van der Waals surface area contributed by atoms with Gasteiger partial charge in [0.1, 0.15) is 0 Å². The highest BCUT2D eigenvalue weighted by Gasteiger charge is 2.08. The molecule has 0 fully saturated rings. The molecule has 0 aromatic heterocycles. The van der Waals surface area contributed by atoms with Crippen molar-refractivity contribution >= 4 is 17.4 Å². The summed E-state index contributed by atoms with van der Waals surface area (Å²) < 4.78 is 4.65. The number of hydrogen-bond donors (Lipinski definition) is 1. The molecule has 112 valence electrons. The third-order valence-corrected chi connectivity index (χ3v) is 3.21. The number of amides is 1. The first-order chi connectivity index (χ1) is 10.6. The summed E-state index contributed by atoms with van der Waals surface area (Å²) >= 11 is 0. The standard InChI is InChI=1S/C18H17NO3/c1-13(12-19-17(20)15-6-4-3-5-7-15)14-8-10-16(11-9-14)18(21)22-2/h3-11H,1,12H2,2H3,(H,19,20). The smallest absolute Gasteiger partial charge is 0.337 e. The van der Waals surface area contributed by atoms with E-state index >= 15 is 0 Å². The number of hydrogen-bond acceptors (Lipinski definition) is 3. The molecule has 0 saturated carbocycles. The highest BCUT2D eigenvalue weighted by Crippen LogP contribution is 2.13. The van der Waals surface area contributed by atoms with Crippen LogP contribution in [0.5, 0.6) is 0 Å². The fourth-order valence-electron chi connectivity index (χ4n) is 1.94. The summed E-state index contributed by atoms with van der Waals surface area (Å²) in [5.41, 5.74) is 2.71. The first-order valence-corrected chi connectivity index (χ1v) is 6.81. The Hall–Kier alpha value is -2.88. The van der Waals surface area contributed by atoms with Crippen molar-refractivity contribution in [2.24, 2.45) is 0 Å². The van der Waals surface area contributed by atoms with Gasteiger partial charge in [0, 0.05) is 12.1 Å². The number of rotatable bonds is 5. The summed E-state index contributed by atoms with van der Waals surface area (Å²) in [5, 5.41) is 2.82. The Morgan fingerprint density at radius 1 is 0.955 bits per heavy atom. The Morgan fingerprint density at radius 3 is 2.14 bits per heavy atom. The zero-order valence-corrected chi connectivity index (χ0v) is 12.3. The van der Waals surface area contributed by atoms with Gasteiger partial charge in [0.05, 0.1) is 12.7 Å². The average molecular weight is 295 g/mol. The van der Waals surface area contributed by atoms with Crippen molar-refractivity contribution in [1.82, 2.24) is 5.32 Å². The molecule has 0 saturated heterocycles. The second-order valence-electron chi connectivity index (χ2n) is 4.72. The molecule has 2 rings (SSSR count). The Bertz CT molecular complexity index is 675. The lowest BCUT2D eigenvalue weighted by molar-refractivity contribution is 0.0600. The molecular weight excluding hydrogens is 278 g/mol. The quantitative estimate of drug-likeness (QED) is 0.863. The van der Waals surface area contributed by atoms with Gasteiger partial charge in [-0.15, -0.1) is 0 Å². The van der Waals surface area contributed by atoms with E-state index in [0.717, 1.165) is 11.1 Å². The lowest BCUT2D eigenvalue weighted by Crippen LogP contribution is -2.24. The summed E-state index contributed by atoms with van der Waals surface area (Å²) in [6.07, 6.45) is 0. The van der Waals surface area contributed by atoms with Crippen LogP contribution in [0.25, 0.3) is 5.57 Å². The van der Waals surface area contributed by atoms with Gasteiger partial charge in [0.15, 0.2) is 0 Å². The van der Waals surface area contributed by atoms with Crippen LogP contribution in [-0.4, -0.2) is 25.5 Å². The van der Waals surface area contributed by atoms with E-state index in [0.29, 0.717) is 17.7 Å². The zero-order valence-electron chi connectivity index (χ0n) is 12.3. The van der Waals surface area contributed by atoms with Crippen LogP contribution >= 0.6 is 0 Å².